The zero-order chi connectivity index (χ0) is 19.6. The normalized spacial score (nSPS) is 11.8. The van der Waals surface area contributed by atoms with E-state index < -0.39 is 22.9 Å². The molecule has 1 aromatic heterocycles. The smallest absolute Gasteiger partial charge is 0.338 e. The Morgan fingerprint density at radius 2 is 2.04 bits per heavy atom. The summed E-state index contributed by atoms with van der Waals surface area (Å²) in [6.45, 7) is 3.13. The number of ether oxygens (including phenoxy) is 1. The molecule has 0 spiro atoms. The van der Waals surface area contributed by atoms with Crippen LogP contribution in [0.2, 0.25) is 0 Å². The van der Waals surface area contributed by atoms with Gasteiger partial charge in [-0.25, -0.2) is 9.78 Å². The number of anilines is 1. The lowest BCUT2D eigenvalue weighted by molar-refractivity contribution is -0.384. The van der Waals surface area contributed by atoms with Crippen LogP contribution in [0.15, 0.2) is 42.7 Å². The van der Waals surface area contributed by atoms with E-state index in [0.29, 0.717) is 16.6 Å². The number of hydrogen-bond acceptors (Lipinski definition) is 6. The second-order valence-electron chi connectivity index (χ2n) is 5.93. The number of nitrogens with zero attached hydrogens (tertiary/aromatic N) is 2. The summed E-state index contributed by atoms with van der Waals surface area (Å²) in [7, 11) is 0. The van der Waals surface area contributed by atoms with Crippen molar-refractivity contribution in [3.8, 4) is 0 Å². The maximum atomic E-state index is 12.3. The van der Waals surface area contributed by atoms with Crippen molar-refractivity contribution >= 4 is 34.3 Å². The summed E-state index contributed by atoms with van der Waals surface area (Å²) in [6.07, 6.45) is 0.422. The van der Waals surface area contributed by atoms with Gasteiger partial charge in [0.05, 0.1) is 33.5 Å². The van der Waals surface area contributed by atoms with Gasteiger partial charge in [0.15, 0.2) is 6.10 Å². The Balaban J connectivity index is 1.69. The fourth-order valence-corrected chi connectivity index (χ4v) is 2.44. The number of rotatable bonds is 5. The van der Waals surface area contributed by atoms with Gasteiger partial charge in [-0.2, -0.15) is 0 Å². The standard InChI is InChI=1S/C18H16N4O5/c1-10-3-5-13(22(25)26)8-15(10)21-17(23)11(2)27-18(24)12-4-6-14-16(7-12)20-9-19-14/h3-9,11H,1-2H3,(H,19,20)(H,21,23). The third-order valence-corrected chi connectivity index (χ3v) is 4.00. The molecule has 27 heavy (non-hydrogen) atoms. The van der Waals surface area contributed by atoms with Crippen molar-refractivity contribution in [2.24, 2.45) is 0 Å². The molecule has 0 aliphatic heterocycles. The number of esters is 1. The summed E-state index contributed by atoms with van der Waals surface area (Å²) < 4.78 is 5.19. The molecule has 0 saturated heterocycles. The number of imidazole rings is 1. The number of nitro benzene ring substituents is 1. The lowest BCUT2D eigenvalue weighted by Gasteiger charge is -2.14. The number of nitro groups is 1. The highest BCUT2D eigenvalue weighted by Crippen LogP contribution is 2.22. The number of hydrogen-bond donors (Lipinski definition) is 2. The van der Waals surface area contributed by atoms with Crippen LogP contribution in [-0.2, 0) is 9.53 Å². The van der Waals surface area contributed by atoms with Crippen molar-refractivity contribution in [3.05, 3.63) is 64.0 Å². The van der Waals surface area contributed by atoms with E-state index >= 15 is 0 Å². The minimum Gasteiger partial charge on any atom is -0.449 e. The number of carbonyl (C=O) groups excluding carboxylic acids is 2. The highest BCUT2D eigenvalue weighted by atomic mass is 16.6. The molecule has 2 N–H and O–H groups in total. The number of non-ortho nitro benzene ring substituents is 1. The first-order chi connectivity index (χ1) is 12.8. The number of aromatic amines is 1. The maximum absolute atomic E-state index is 12.3. The Labute approximate surface area is 153 Å². The van der Waals surface area contributed by atoms with Crippen LogP contribution in [0, 0.1) is 17.0 Å². The molecule has 1 heterocycles. The van der Waals surface area contributed by atoms with Crippen molar-refractivity contribution < 1.29 is 19.2 Å². The summed E-state index contributed by atoms with van der Waals surface area (Å²) in [5.74, 6) is -1.25. The number of aromatic nitrogens is 2. The van der Waals surface area contributed by atoms with Crippen molar-refractivity contribution in [1.29, 1.82) is 0 Å². The van der Waals surface area contributed by atoms with Crippen LogP contribution in [0.1, 0.15) is 22.8 Å². The number of aryl methyl sites for hydroxylation is 1. The predicted octanol–water partition coefficient (Wildman–Crippen LogP) is 2.96. The number of H-pyrrole nitrogens is 1. The maximum Gasteiger partial charge on any atom is 0.338 e. The third kappa shape index (κ3) is 3.92. The van der Waals surface area contributed by atoms with Gasteiger partial charge in [-0.3, -0.25) is 14.9 Å². The molecular formula is C18H16N4O5. The van der Waals surface area contributed by atoms with Gasteiger partial charge in [-0.15, -0.1) is 0 Å². The van der Waals surface area contributed by atoms with Crippen LogP contribution in [0.25, 0.3) is 11.0 Å². The van der Waals surface area contributed by atoms with E-state index in [1.54, 1.807) is 25.1 Å². The second kappa shape index (κ2) is 7.24. The zero-order valence-corrected chi connectivity index (χ0v) is 14.6. The van der Waals surface area contributed by atoms with Gasteiger partial charge in [0.2, 0.25) is 0 Å². The Morgan fingerprint density at radius 3 is 2.78 bits per heavy atom. The number of amides is 1. The van der Waals surface area contributed by atoms with Crippen LogP contribution in [-0.4, -0.2) is 32.9 Å². The third-order valence-electron chi connectivity index (χ3n) is 4.00. The number of nitrogens with one attached hydrogen (secondary N) is 2. The van der Waals surface area contributed by atoms with Crippen LogP contribution >= 0.6 is 0 Å². The molecule has 0 bridgehead atoms. The molecule has 9 heteroatoms. The average Bonchev–Trinajstić information content (AvgIpc) is 3.10. The Kier molecular flexibility index (Phi) is 4.84. The molecule has 0 aliphatic carbocycles. The minimum atomic E-state index is -1.09. The minimum absolute atomic E-state index is 0.145. The molecule has 0 radical (unpaired) electrons. The van der Waals surface area contributed by atoms with Gasteiger partial charge >= 0.3 is 5.97 Å². The van der Waals surface area contributed by atoms with Gasteiger partial charge in [-0.05, 0) is 37.6 Å². The van der Waals surface area contributed by atoms with Crippen molar-refractivity contribution in [3.63, 3.8) is 0 Å². The van der Waals surface area contributed by atoms with Gasteiger partial charge in [-0.1, -0.05) is 6.07 Å². The molecule has 1 unspecified atom stereocenters. The van der Waals surface area contributed by atoms with Crippen LogP contribution in [0.3, 0.4) is 0 Å². The number of carbonyl (C=O) groups is 2. The lowest BCUT2D eigenvalue weighted by Crippen LogP contribution is -2.30. The highest BCUT2D eigenvalue weighted by molar-refractivity contribution is 5.99. The van der Waals surface area contributed by atoms with E-state index in [2.05, 4.69) is 15.3 Å². The zero-order valence-electron chi connectivity index (χ0n) is 14.6. The summed E-state index contributed by atoms with van der Waals surface area (Å²) >= 11 is 0. The molecule has 3 rings (SSSR count). The van der Waals surface area contributed by atoms with E-state index in [4.69, 9.17) is 4.74 Å². The highest BCUT2D eigenvalue weighted by Gasteiger charge is 2.21. The lowest BCUT2D eigenvalue weighted by atomic mass is 10.1. The molecule has 1 amide bonds. The van der Waals surface area contributed by atoms with Gasteiger partial charge in [0.1, 0.15) is 0 Å². The first-order valence-electron chi connectivity index (χ1n) is 8.05. The summed E-state index contributed by atoms with van der Waals surface area (Å²) in [5.41, 5.74) is 2.45. The first kappa shape index (κ1) is 18.1. The van der Waals surface area contributed by atoms with Gasteiger partial charge in [0.25, 0.3) is 11.6 Å². The average molecular weight is 368 g/mol. The van der Waals surface area contributed by atoms with Crippen molar-refractivity contribution in [2.75, 3.05) is 5.32 Å². The molecule has 1 atom stereocenters. The van der Waals surface area contributed by atoms with Gasteiger partial charge in [0, 0.05) is 12.1 Å². The van der Waals surface area contributed by atoms with E-state index in [9.17, 15) is 19.7 Å². The monoisotopic (exact) mass is 368 g/mol. The SMILES string of the molecule is Cc1ccc([N+](=O)[O-])cc1NC(=O)C(C)OC(=O)c1ccc2nc[nH]c2c1. The summed E-state index contributed by atoms with van der Waals surface area (Å²) in [4.78, 5) is 41.9. The molecule has 0 aliphatic rings. The molecule has 0 saturated carbocycles. The first-order valence-corrected chi connectivity index (χ1v) is 8.05. The largest absolute Gasteiger partial charge is 0.449 e. The molecule has 0 fully saturated rings. The van der Waals surface area contributed by atoms with E-state index in [0.717, 1.165) is 0 Å². The van der Waals surface area contributed by atoms with E-state index in [-0.39, 0.29) is 16.9 Å². The topological polar surface area (TPSA) is 127 Å². The summed E-state index contributed by atoms with van der Waals surface area (Å²) in [6, 6.07) is 8.94. The second-order valence-corrected chi connectivity index (χ2v) is 5.93. The Morgan fingerprint density at radius 1 is 1.26 bits per heavy atom. The molecule has 2 aromatic carbocycles. The Hall–Kier alpha value is -3.75. The Bertz CT molecular complexity index is 1040. The summed E-state index contributed by atoms with van der Waals surface area (Å²) in [5, 5.41) is 13.4. The van der Waals surface area contributed by atoms with Crippen LogP contribution in [0.5, 0.6) is 0 Å². The van der Waals surface area contributed by atoms with Crippen LogP contribution in [0.4, 0.5) is 11.4 Å². The predicted molar refractivity (Wildman–Crippen MR) is 97.4 cm³/mol. The molecule has 9 nitrogen and oxygen atoms in total. The van der Waals surface area contributed by atoms with E-state index in [1.807, 2.05) is 0 Å². The number of fused-ring (bicyclic) bond motifs is 1. The fourth-order valence-electron chi connectivity index (χ4n) is 2.44. The molecular weight excluding hydrogens is 352 g/mol. The molecule has 3 aromatic rings. The van der Waals surface area contributed by atoms with E-state index in [1.165, 1.54) is 31.5 Å². The van der Waals surface area contributed by atoms with Crippen molar-refractivity contribution in [1.82, 2.24) is 9.97 Å². The number of benzene rings is 2. The van der Waals surface area contributed by atoms with Crippen LogP contribution < -0.4 is 5.32 Å². The molecule has 138 valence electrons. The van der Waals surface area contributed by atoms with Crippen molar-refractivity contribution in [2.45, 2.75) is 20.0 Å². The fraction of sp³-hybridized carbons (Fsp3) is 0.167. The van der Waals surface area contributed by atoms with Gasteiger partial charge < -0.3 is 15.0 Å². The quantitative estimate of drug-likeness (QED) is 0.405.